The van der Waals surface area contributed by atoms with Crippen LogP contribution in [0.25, 0.3) is 0 Å². The lowest BCUT2D eigenvalue weighted by Gasteiger charge is -2.10. The van der Waals surface area contributed by atoms with Gasteiger partial charge in [-0.2, -0.15) is 0 Å². The topological polar surface area (TPSA) is 42.9 Å². The Kier molecular flexibility index (Phi) is 1.42. The van der Waals surface area contributed by atoms with Crippen LogP contribution in [-0.4, -0.2) is 15.8 Å². The Balaban J connectivity index is 2.52. The van der Waals surface area contributed by atoms with E-state index in [1.54, 1.807) is 12.4 Å². The zero-order valence-electron chi connectivity index (χ0n) is 6.08. The Morgan fingerprint density at radius 3 is 2.82 bits per heavy atom. The maximum atomic E-state index is 11.2. The largest absolute Gasteiger partial charge is 0.292 e. The van der Waals surface area contributed by atoms with Crippen molar-refractivity contribution < 1.29 is 4.79 Å². The van der Waals surface area contributed by atoms with Gasteiger partial charge in [0, 0.05) is 18.8 Å². The molecule has 3 heteroatoms. The second-order valence-electron chi connectivity index (χ2n) is 2.63. The van der Waals surface area contributed by atoms with E-state index < -0.39 is 0 Å². The lowest BCUT2D eigenvalue weighted by Crippen LogP contribution is -2.13. The number of carbonyl (C=O) groups is 1. The minimum absolute atomic E-state index is 0.138. The average Bonchev–Trinajstić information content (AvgIpc) is 2.06. The fraction of sp³-hybridized carbons (Fsp3) is 0.375. The number of aromatic nitrogens is 2. The Labute approximate surface area is 64.5 Å². The minimum atomic E-state index is 0.138. The Morgan fingerprint density at radius 1 is 1.18 bits per heavy atom. The van der Waals surface area contributed by atoms with E-state index in [9.17, 15) is 4.79 Å². The molecule has 0 unspecified atom stereocenters. The number of Topliss-reactive ketones (excluding diaryl/α,β-unsaturated/α-hetero) is 1. The van der Waals surface area contributed by atoms with Crippen LogP contribution in [0.15, 0.2) is 12.4 Å². The summed E-state index contributed by atoms with van der Waals surface area (Å²) in [5.74, 6) is 0.138. The third-order valence-electron chi connectivity index (χ3n) is 1.86. The van der Waals surface area contributed by atoms with Crippen molar-refractivity contribution in [3.63, 3.8) is 0 Å². The molecule has 0 bridgehead atoms. The van der Waals surface area contributed by atoms with E-state index in [-0.39, 0.29) is 5.78 Å². The second kappa shape index (κ2) is 2.42. The molecule has 0 amide bonds. The molecule has 0 atom stereocenters. The van der Waals surface area contributed by atoms with Crippen LogP contribution in [0.5, 0.6) is 0 Å². The molecule has 1 heterocycles. The summed E-state index contributed by atoms with van der Waals surface area (Å²) in [6.45, 7) is 0. The van der Waals surface area contributed by atoms with Gasteiger partial charge in [-0.05, 0) is 12.8 Å². The average molecular weight is 148 g/mol. The second-order valence-corrected chi connectivity index (χ2v) is 2.63. The molecule has 1 aliphatic rings. The summed E-state index contributed by atoms with van der Waals surface area (Å²) >= 11 is 0. The van der Waals surface area contributed by atoms with Gasteiger partial charge in [0.25, 0.3) is 0 Å². The molecule has 0 aliphatic heterocycles. The molecule has 3 nitrogen and oxygen atoms in total. The first-order valence-electron chi connectivity index (χ1n) is 3.71. The van der Waals surface area contributed by atoms with Gasteiger partial charge in [-0.1, -0.05) is 0 Å². The summed E-state index contributed by atoms with van der Waals surface area (Å²) in [4.78, 5) is 19.3. The van der Waals surface area contributed by atoms with Crippen molar-refractivity contribution >= 4 is 5.78 Å². The number of hydrogen-bond donors (Lipinski definition) is 0. The maximum Gasteiger partial charge on any atom is 0.183 e. The molecule has 0 N–H and O–H groups in total. The molecular formula is C8H8N2O. The molecule has 0 fully saturated rings. The van der Waals surface area contributed by atoms with Gasteiger partial charge in [-0.25, -0.2) is 4.98 Å². The number of rotatable bonds is 0. The van der Waals surface area contributed by atoms with E-state index in [0.29, 0.717) is 12.1 Å². The van der Waals surface area contributed by atoms with Crippen molar-refractivity contribution in [3.8, 4) is 0 Å². The first-order valence-corrected chi connectivity index (χ1v) is 3.71. The molecule has 0 saturated carbocycles. The molecule has 56 valence electrons. The van der Waals surface area contributed by atoms with Gasteiger partial charge in [-0.3, -0.25) is 9.78 Å². The molecule has 1 aromatic rings. The molecule has 2 rings (SSSR count). The molecule has 1 aliphatic carbocycles. The molecular weight excluding hydrogens is 140 g/mol. The van der Waals surface area contributed by atoms with Crippen LogP contribution in [0, 0.1) is 0 Å². The lowest BCUT2D eigenvalue weighted by atomic mass is 9.99. The summed E-state index contributed by atoms with van der Waals surface area (Å²) in [5, 5.41) is 0. The monoisotopic (exact) mass is 148 g/mol. The Morgan fingerprint density at radius 2 is 2.00 bits per heavy atom. The van der Waals surface area contributed by atoms with Crippen LogP contribution in [0.2, 0.25) is 0 Å². The van der Waals surface area contributed by atoms with E-state index in [0.717, 1.165) is 18.5 Å². The number of ketones is 1. The van der Waals surface area contributed by atoms with Crippen molar-refractivity contribution in [1.82, 2.24) is 9.97 Å². The molecule has 1 aromatic heterocycles. The number of hydrogen-bond acceptors (Lipinski definition) is 3. The number of carbonyl (C=O) groups excluding carboxylic acids is 1. The molecule has 11 heavy (non-hydrogen) atoms. The highest BCUT2D eigenvalue weighted by Crippen LogP contribution is 2.15. The highest BCUT2D eigenvalue weighted by Gasteiger charge is 2.18. The highest BCUT2D eigenvalue weighted by molar-refractivity contribution is 5.95. The zero-order valence-corrected chi connectivity index (χ0v) is 6.08. The summed E-state index contributed by atoms with van der Waals surface area (Å²) < 4.78 is 0. The van der Waals surface area contributed by atoms with E-state index in [1.807, 2.05) is 0 Å². The van der Waals surface area contributed by atoms with Gasteiger partial charge in [-0.15, -0.1) is 0 Å². The Hall–Kier alpha value is -1.25. The zero-order chi connectivity index (χ0) is 7.68. The first kappa shape index (κ1) is 6.46. The number of nitrogens with zero attached hydrogens (tertiary/aromatic N) is 2. The smallest absolute Gasteiger partial charge is 0.183 e. The SMILES string of the molecule is O=C1CCCc2nccnc21. The molecule has 0 saturated heterocycles. The quantitative estimate of drug-likeness (QED) is 0.551. The van der Waals surface area contributed by atoms with Crippen molar-refractivity contribution in [3.05, 3.63) is 23.8 Å². The molecule has 0 spiro atoms. The van der Waals surface area contributed by atoms with Crippen LogP contribution >= 0.6 is 0 Å². The van der Waals surface area contributed by atoms with Crippen molar-refractivity contribution in [1.29, 1.82) is 0 Å². The van der Waals surface area contributed by atoms with E-state index >= 15 is 0 Å². The predicted octanol–water partition coefficient (Wildman–Crippen LogP) is 0.996. The van der Waals surface area contributed by atoms with E-state index in [1.165, 1.54) is 0 Å². The van der Waals surface area contributed by atoms with Gasteiger partial charge in [0.05, 0.1) is 5.69 Å². The summed E-state index contributed by atoms with van der Waals surface area (Å²) in [6.07, 6.45) is 5.66. The fourth-order valence-electron chi connectivity index (χ4n) is 1.32. The van der Waals surface area contributed by atoms with Crippen LogP contribution in [0.3, 0.4) is 0 Å². The molecule has 0 radical (unpaired) electrons. The lowest BCUT2D eigenvalue weighted by molar-refractivity contribution is 0.0966. The summed E-state index contributed by atoms with van der Waals surface area (Å²) in [5.41, 5.74) is 1.45. The van der Waals surface area contributed by atoms with E-state index in [2.05, 4.69) is 9.97 Å². The van der Waals surface area contributed by atoms with Gasteiger partial charge < -0.3 is 0 Å². The van der Waals surface area contributed by atoms with Gasteiger partial charge >= 0.3 is 0 Å². The third kappa shape index (κ3) is 1.02. The summed E-state index contributed by atoms with van der Waals surface area (Å²) in [7, 11) is 0. The van der Waals surface area contributed by atoms with Crippen molar-refractivity contribution in [2.45, 2.75) is 19.3 Å². The van der Waals surface area contributed by atoms with Crippen LogP contribution in [0.4, 0.5) is 0 Å². The minimum Gasteiger partial charge on any atom is -0.292 e. The fourth-order valence-corrected chi connectivity index (χ4v) is 1.32. The van der Waals surface area contributed by atoms with Gasteiger partial charge in [0.15, 0.2) is 5.78 Å². The first-order chi connectivity index (χ1) is 5.38. The van der Waals surface area contributed by atoms with Gasteiger partial charge in [0.1, 0.15) is 5.69 Å². The van der Waals surface area contributed by atoms with Crippen molar-refractivity contribution in [2.75, 3.05) is 0 Å². The predicted molar refractivity (Wildman–Crippen MR) is 39.3 cm³/mol. The summed E-state index contributed by atoms with van der Waals surface area (Å²) in [6, 6.07) is 0. The highest BCUT2D eigenvalue weighted by atomic mass is 16.1. The normalized spacial score (nSPS) is 16.2. The van der Waals surface area contributed by atoms with Crippen LogP contribution in [0.1, 0.15) is 29.0 Å². The standard InChI is InChI=1S/C8H8N2O/c11-7-3-1-2-6-8(7)10-5-4-9-6/h4-5H,1-3H2. The van der Waals surface area contributed by atoms with E-state index in [4.69, 9.17) is 0 Å². The Bertz CT molecular complexity index is 296. The van der Waals surface area contributed by atoms with Gasteiger partial charge in [0.2, 0.25) is 0 Å². The van der Waals surface area contributed by atoms with Crippen LogP contribution < -0.4 is 0 Å². The maximum absolute atomic E-state index is 11.2. The van der Waals surface area contributed by atoms with Crippen LogP contribution in [-0.2, 0) is 6.42 Å². The third-order valence-corrected chi connectivity index (χ3v) is 1.86. The van der Waals surface area contributed by atoms with Crippen molar-refractivity contribution in [2.24, 2.45) is 0 Å². The molecule has 0 aromatic carbocycles. The number of aryl methyl sites for hydroxylation is 1. The number of fused-ring (bicyclic) bond motifs is 1.